The molecule has 0 saturated heterocycles. The molecule has 0 bridgehead atoms. The van der Waals surface area contributed by atoms with Gasteiger partial charge in [0.2, 0.25) is 0 Å². The number of hydrogen-bond donors (Lipinski definition) is 1. The lowest BCUT2D eigenvalue weighted by Crippen LogP contribution is -2.27. The Labute approximate surface area is 104 Å². The van der Waals surface area contributed by atoms with Gasteiger partial charge < -0.3 is 10.6 Å². The highest BCUT2D eigenvalue weighted by atomic mass is 15.1. The lowest BCUT2D eigenvalue weighted by atomic mass is 9.91. The summed E-state index contributed by atoms with van der Waals surface area (Å²) in [7, 11) is 0. The fourth-order valence-electron chi connectivity index (χ4n) is 1.63. The molecule has 0 fully saturated rings. The van der Waals surface area contributed by atoms with E-state index < -0.39 is 0 Å². The molecule has 0 aliphatic carbocycles. The fraction of sp³-hybridized carbons (Fsp3) is 0.500. The third-order valence-corrected chi connectivity index (χ3v) is 2.95. The van der Waals surface area contributed by atoms with E-state index in [1.807, 2.05) is 38.1 Å². The maximum Gasteiger partial charge on any atom is 0.0684 e. The number of nitrogens with two attached hydrogens (primary N) is 1. The molecule has 0 atom stereocenters. The summed E-state index contributed by atoms with van der Waals surface area (Å²) in [6.45, 7) is 7.90. The van der Waals surface area contributed by atoms with E-state index in [9.17, 15) is 0 Å². The molecule has 0 saturated carbocycles. The lowest BCUT2D eigenvalue weighted by Gasteiger charge is -2.26. The van der Waals surface area contributed by atoms with Crippen molar-refractivity contribution in [2.45, 2.75) is 27.2 Å². The van der Waals surface area contributed by atoms with Crippen LogP contribution in [0.2, 0.25) is 0 Å². The van der Waals surface area contributed by atoms with Gasteiger partial charge in [-0.1, -0.05) is 0 Å². The van der Waals surface area contributed by atoms with E-state index in [-0.39, 0.29) is 5.41 Å². The van der Waals surface area contributed by atoms with Gasteiger partial charge in [0.1, 0.15) is 0 Å². The van der Waals surface area contributed by atoms with Crippen molar-refractivity contribution in [3.63, 3.8) is 0 Å². The van der Waals surface area contributed by atoms with Gasteiger partial charge in [0, 0.05) is 24.5 Å². The number of nitrogen functional groups attached to an aromatic ring is 1. The van der Waals surface area contributed by atoms with Crippen molar-refractivity contribution >= 4 is 11.4 Å². The highest BCUT2D eigenvalue weighted by molar-refractivity contribution is 5.53. The Bertz CT molecular complexity index is 387. The van der Waals surface area contributed by atoms with Crippen LogP contribution in [0, 0.1) is 16.7 Å². The van der Waals surface area contributed by atoms with Gasteiger partial charge >= 0.3 is 0 Å². The van der Waals surface area contributed by atoms with Crippen LogP contribution in [0.25, 0.3) is 0 Å². The summed E-state index contributed by atoms with van der Waals surface area (Å²) in [6, 6.07) is 10.2. The molecule has 0 spiro atoms. The van der Waals surface area contributed by atoms with Gasteiger partial charge in [0.25, 0.3) is 0 Å². The van der Waals surface area contributed by atoms with Gasteiger partial charge in [0.05, 0.1) is 11.5 Å². The summed E-state index contributed by atoms with van der Waals surface area (Å²) in [5.41, 5.74) is 7.35. The van der Waals surface area contributed by atoms with Crippen LogP contribution in [-0.4, -0.2) is 13.1 Å². The molecular formula is C14H21N3. The van der Waals surface area contributed by atoms with Crippen LogP contribution in [0.4, 0.5) is 11.4 Å². The topological polar surface area (TPSA) is 53.0 Å². The van der Waals surface area contributed by atoms with Crippen molar-refractivity contribution in [1.29, 1.82) is 5.26 Å². The molecule has 1 aromatic carbocycles. The zero-order valence-electron chi connectivity index (χ0n) is 10.9. The number of hydrogen-bond acceptors (Lipinski definition) is 3. The Balaban J connectivity index is 2.67. The van der Waals surface area contributed by atoms with Gasteiger partial charge in [-0.25, -0.2) is 0 Å². The first kappa shape index (κ1) is 13.4. The smallest absolute Gasteiger partial charge is 0.0684 e. The van der Waals surface area contributed by atoms with E-state index >= 15 is 0 Å². The average molecular weight is 231 g/mol. The zero-order chi connectivity index (χ0) is 12.9. The molecule has 0 aromatic heterocycles. The minimum atomic E-state index is -0.263. The summed E-state index contributed by atoms with van der Waals surface area (Å²) < 4.78 is 0. The van der Waals surface area contributed by atoms with Gasteiger partial charge in [-0.05, 0) is 51.5 Å². The standard InChI is InChI=1S/C14H21N3/c1-4-17(10-9-14(2,3)11-15)13-7-5-12(16)6-8-13/h5-8H,4,9-10,16H2,1-3H3. The van der Waals surface area contributed by atoms with Crippen LogP contribution in [0.5, 0.6) is 0 Å². The maximum absolute atomic E-state index is 9.00. The second kappa shape index (κ2) is 5.58. The fourth-order valence-corrected chi connectivity index (χ4v) is 1.63. The van der Waals surface area contributed by atoms with Crippen LogP contribution in [0.3, 0.4) is 0 Å². The Morgan fingerprint density at radius 2 is 1.88 bits per heavy atom. The summed E-state index contributed by atoms with van der Waals surface area (Å²) in [4.78, 5) is 2.26. The first-order valence-corrected chi connectivity index (χ1v) is 6.00. The largest absolute Gasteiger partial charge is 0.399 e. The van der Waals surface area contributed by atoms with Crippen molar-refractivity contribution in [1.82, 2.24) is 0 Å². The maximum atomic E-state index is 9.00. The molecule has 2 N–H and O–H groups in total. The summed E-state index contributed by atoms with van der Waals surface area (Å²) in [6.07, 6.45) is 0.863. The summed E-state index contributed by atoms with van der Waals surface area (Å²) >= 11 is 0. The van der Waals surface area contributed by atoms with E-state index in [0.717, 1.165) is 30.9 Å². The molecule has 1 aromatic rings. The van der Waals surface area contributed by atoms with E-state index in [0.29, 0.717) is 0 Å². The van der Waals surface area contributed by atoms with Gasteiger partial charge in [-0.3, -0.25) is 0 Å². The number of rotatable bonds is 5. The van der Waals surface area contributed by atoms with Crippen LogP contribution < -0.4 is 10.6 Å². The lowest BCUT2D eigenvalue weighted by molar-refractivity contribution is 0.451. The molecular weight excluding hydrogens is 210 g/mol. The predicted octanol–water partition coefficient (Wildman–Crippen LogP) is 3.03. The van der Waals surface area contributed by atoms with Crippen molar-refractivity contribution in [2.24, 2.45) is 5.41 Å². The molecule has 0 heterocycles. The molecule has 0 aliphatic rings. The first-order chi connectivity index (χ1) is 7.98. The van der Waals surface area contributed by atoms with Crippen molar-refractivity contribution in [3.05, 3.63) is 24.3 Å². The van der Waals surface area contributed by atoms with E-state index in [1.54, 1.807) is 0 Å². The molecule has 1 rings (SSSR count). The number of benzene rings is 1. The summed E-state index contributed by atoms with van der Waals surface area (Å²) in [5.74, 6) is 0. The second-order valence-corrected chi connectivity index (χ2v) is 4.92. The third kappa shape index (κ3) is 3.99. The Morgan fingerprint density at radius 3 is 2.35 bits per heavy atom. The number of anilines is 2. The normalized spacial score (nSPS) is 10.9. The first-order valence-electron chi connectivity index (χ1n) is 6.00. The van der Waals surface area contributed by atoms with E-state index in [4.69, 9.17) is 11.0 Å². The molecule has 0 unspecified atom stereocenters. The molecule has 17 heavy (non-hydrogen) atoms. The van der Waals surface area contributed by atoms with E-state index in [1.165, 1.54) is 0 Å². The predicted molar refractivity (Wildman–Crippen MR) is 72.8 cm³/mol. The highest BCUT2D eigenvalue weighted by Gasteiger charge is 2.17. The van der Waals surface area contributed by atoms with Crippen LogP contribution >= 0.6 is 0 Å². The van der Waals surface area contributed by atoms with Gasteiger partial charge in [-0.2, -0.15) is 5.26 Å². The molecule has 3 nitrogen and oxygen atoms in total. The minimum Gasteiger partial charge on any atom is -0.399 e. The molecule has 92 valence electrons. The Kier molecular flexibility index (Phi) is 4.39. The average Bonchev–Trinajstić information content (AvgIpc) is 2.32. The van der Waals surface area contributed by atoms with Gasteiger partial charge in [-0.15, -0.1) is 0 Å². The number of nitrogens with zero attached hydrogens (tertiary/aromatic N) is 2. The van der Waals surface area contributed by atoms with E-state index in [2.05, 4.69) is 17.9 Å². The minimum absolute atomic E-state index is 0.263. The van der Waals surface area contributed by atoms with Crippen molar-refractivity contribution in [2.75, 3.05) is 23.7 Å². The van der Waals surface area contributed by atoms with Crippen LogP contribution in [-0.2, 0) is 0 Å². The van der Waals surface area contributed by atoms with Crippen LogP contribution in [0.15, 0.2) is 24.3 Å². The zero-order valence-corrected chi connectivity index (χ0v) is 10.9. The Hall–Kier alpha value is -1.69. The molecule has 0 amide bonds. The SMILES string of the molecule is CCN(CCC(C)(C)C#N)c1ccc(N)cc1. The third-order valence-electron chi connectivity index (χ3n) is 2.95. The highest BCUT2D eigenvalue weighted by Crippen LogP contribution is 2.22. The molecule has 0 radical (unpaired) electrons. The monoisotopic (exact) mass is 231 g/mol. The molecule has 0 aliphatic heterocycles. The van der Waals surface area contributed by atoms with Crippen molar-refractivity contribution < 1.29 is 0 Å². The second-order valence-electron chi connectivity index (χ2n) is 4.92. The number of nitriles is 1. The van der Waals surface area contributed by atoms with Gasteiger partial charge in [0.15, 0.2) is 0 Å². The Morgan fingerprint density at radius 1 is 1.29 bits per heavy atom. The van der Waals surface area contributed by atoms with Crippen molar-refractivity contribution in [3.8, 4) is 6.07 Å². The summed E-state index contributed by atoms with van der Waals surface area (Å²) in [5, 5.41) is 9.00. The molecule has 3 heteroatoms. The quantitative estimate of drug-likeness (QED) is 0.792. The van der Waals surface area contributed by atoms with Crippen LogP contribution in [0.1, 0.15) is 27.2 Å².